The fourth-order valence-corrected chi connectivity index (χ4v) is 3.85. The van der Waals surface area contributed by atoms with E-state index in [2.05, 4.69) is 15.9 Å². The van der Waals surface area contributed by atoms with Crippen molar-refractivity contribution in [2.24, 2.45) is 11.8 Å². The number of carbonyl (C=O) groups is 1. The molecular formula is C13H19BrF3NO. The number of likely N-dealkylation sites (tertiary alicyclic amines) is 1. The fraction of sp³-hybridized carbons (Fsp3) is 0.923. The van der Waals surface area contributed by atoms with Gasteiger partial charge in [-0.1, -0.05) is 28.8 Å². The van der Waals surface area contributed by atoms with Gasteiger partial charge in [0.2, 0.25) is 5.91 Å². The first kappa shape index (κ1) is 15.1. The summed E-state index contributed by atoms with van der Waals surface area (Å²) in [6.45, 7) is 1.14. The minimum atomic E-state index is -4.25. The molecule has 2 nitrogen and oxygen atoms in total. The summed E-state index contributed by atoms with van der Waals surface area (Å²) in [5.74, 6) is -2.58. The Morgan fingerprint density at radius 1 is 1.11 bits per heavy atom. The van der Waals surface area contributed by atoms with Crippen LogP contribution in [0.5, 0.6) is 0 Å². The highest BCUT2D eigenvalue weighted by molar-refractivity contribution is 9.09. The zero-order valence-corrected chi connectivity index (χ0v) is 12.3. The molecule has 6 heteroatoms. The lowest BCUT2D eigenvalue weighted by Gasteiger charge is -2.38. The summed E-state index contributed by atoms with van der Waals surface area (Å²) in [6.07, 6.45) is -0.603. The summed E-state index contributed by atoms with van der Waals surface area (Å²) >= 11 is 3.46. The third kappa shape index (κ3) is 3.64. The van der Waals surface area contributed by atoms with Crippen LogP contribution in [0.15, 0.2) is 0 Å². The molecule has 3 unspecified atom stereocenters. The average molecular weight is 342 g/mol. The minimum Gasteiger partial charge on any atom is -0.341 e. The Morgan fingerprint density at radius 3 is 2.42 bits per heavy atom. The Morgan fingerprint density at radius 2 is 1.79 bits per heavy atom. The highest BCUT2D eigenvalue weighted by Crippen LogP contribution is 2.42. The molecule has 1 amide bonds. The molecule has 0 radical (unpaired) electrons. The molecule has 0 aromatic heterocycles. The van der Waals surface area contributed by atoms with E-state index in [1.165, 1.54) is 0 Å². The van der Waals surface area contributed by atoms with E-state index < -0.39 is 18.0 Å². The first-order chi connectivity index (χ1) is 8.89. The van der Waals surface area contributed by atoms with E-state index in [1.807, 2.05) is 0 Å². The maximum atomic E-state index is 13.0. The second-order valence-electron chi connectivity index (χ2n) is 5.56. The van der Waals surface area contributed by atoms with Gasteiger partial charge in [-0.2, -0.15) is 13.2 Å². The molecule has 110 valence electrons. The van der Waals surface area contributed by atoms with Crippen molar-refractivity contribution in [1.82, 2.24) is 4.90 Å². The fourth-order valence-electron chi connectivity index (χ4n) is 3.18. The van der Waals surface area contributed by atoms with Crippen LogP contribution in [-0.2, 0) is 4.79 Å². The first-order valence-corrected chi connectivity index (χ1v) is 7.80. The van der Waals surface area contributed by atoms with Crippen molar-refractivity contribution in [1.29, 1.82) is 0 Å². The van der Waals surface area contributed by atoms with Crippen molar-refractivity contribution in [3.05, 3.63) is 0 Å². The zero-order chi connectivity index (χ0) is 14.0. The van der Waals surface area contributed by atoms with Gasteiger partial charge in [-0.15, -0.1) is 0 Å². The molecule has 1 aliphatic carbocycles. The highest BCUT2D eigenvalue weighted by Gasteiger charge is 2.49. The summed E-state index contributed by atoms with van der Waals surface area (Å²) in [7, 11) is 0. The number of amides is 1. The molecule has 0 aromatic rings. The second-order valence-corrected chi connectivity index (χ2v) is 6.86. The molecule has 19 heavy (non-hydrogen) atoms. The zero-order valence-electron chi connectivity index (χ0n) is 10.8. The highest BCUT2D eigenvalue weighted by atomic mass is 79.9. The van der Waals surface area contributed by atoms with E-state index in [0.29, 0.717) is 25.9 Å². The van der Waals surface area contributed by atoms with E-state index in [4.69, 9.17) is 0 Å². The molecule has 3 atom stereocenters. The third-order valence-electron chi connectivity index (χ3n) is 4.18. The number of nitrogens with zero attached hydrogens (tertiary/aromatic N) is 1. The summed E-state index contributed by atoms with van der Waals surface area (Å²) in [5, 5.41) is 0. The smallest absolute Gasteiger partial charge is 0.341 e. The van der Waals surface area contributed by atoms with E-state index in [1.54, 1.807) is 4.90 Å². The van der Waals surface area contributed by atoms with Gasteiger partial charge in [0.25, 0.3) is 0 Å². The molecule has 2 fully saturated rings. The molecule has 1 saturated heterocycles. The van der Waals surface area contributed by atoms with Crippen LogP contribution in [0.25, 0.3) is 0 Å². The van der Waals surface area contributed by atoms with Gasteiger partial charge in [0.1, 0.15) is 0 Å². The van der Waals surface area contributed by atoms with Gasteiger partial charge in [0.15, 0.2) is 0 Å². The van der Waals surface area contributed by atoms with Gasteiger partial charge in [-0.25, -0.2) is 0 Å². The summed E-state index contributed by atoms with van der Waals surface area (Å²) in [4.78, 5) is 14.2. The maximum absolute atomic E-state index is 13.0. The van der Waals surface area contributed by atoms with Crippen molar-refractivity contribution in [2.75, 3.05) is 13.1 Å². The SMILES string of the molecule is O=C(C1CCCCC1C(F)(F)F)N1CCCC(Br)C1. The van der Waals surface area contributed by atoms with Crippen LogP contribution in [0.3, 0.4) is 0 Å². The minimum absolute atomic E-state index is 0.103. The van der Waals surface area contributed by atoms with Crippen molar-refractivity contribution in [3.8, 4) is 0 Å². The molecule has 0 N–H and O–H groups in total. The van der Waals surface area contributed by atoms with Gasteiger partial charge in [0, 0.05) is 23.8 Å². The van der Waals surface area contributed by atoms with Crippen LogP contribution < -0.4 is 0 Å². The van der Waals surface area contributed by atoms with Crippen LogP contribution >= 0.6 is 15.9 Å². The quantitative estimate of drug-likeness (QED) is 0.665. The number of rotatable bonds is 1. The number of hydrogen-bond donors (Lipinski definition) is 0. The lowest BCUT2D eigenvalue weighted by atomic mass is 9.77. The molecule has 0 spiro atoms. The predicted octanol–water partition coefficient (Wildman–Crippen LogP) is 3.74. The number of carbonyl (C=O) groups excluding carboxylic acids is 1. The largest absolute Gasteiger partial charge is 0.392 e. The van der Waals surface area contributed by atoms with Crippen molar-refractivity contribution in [3.63, 3.8) is 0 Å². The lowest BCUT2D eigenvalue weighted by Crippen LogP contribution is -2.48. The standard InChI is InChI=1S/C13H19BrF3NO/c14-9-4-3-7-18(8-9)12(19)10-5-1-2-6-11(10)13(15,16)17/h9-11H,1-8H2. The monoisotopic (exact) mass is 341 g/mol. The summed E-state index contributed by atoms with van der Waals surface area (Å²) < 4.78 is 39.0. The summed E-state index contributed by atoms with van der Waals surface area (Å²) in [6, 6.07) is 0. The number of piperidine rings is 1. The molecule has 1 saturated carbocycles. The van der Waals surface area contributed by atoms with Crippen LogP contribution in [-0.4, -0.2) is 34.9 Å². The van der Waals surface area contributed by atoms with Crippen molar-refractivity contribution >= 4 is 21.8 Å². The predicted molar refractivity (Wildman–Crippen MR) is 70.0 cm³/mol. The number of alkyl halides is 4. The Balaban J connectivity index is 2.07. The van der Waals surface area contributed by atoms with Crippen molar-refractivity contribution in [2.45, 2.75) is 49.5 Å². The van der Waals surface area contributed by atoms with Crippen LogP contribution in [0.2, 0.25) is 0 Å². The lowest BCUT2D eigenvalue weighted by molar-refractivity contribution is -0.201. The Bertz CT molecular complexity index is 334. The van der Waals surface area contributed by atoms with E-state index >= 15 is 0 Å². The van der Waals surface area contributed by atoms with Crippen LogP contribution in [0.4, 0.5) is 13.2 Å². The normalized spacial score (nSPS) is 33.3. The third-order valence-corrected chi connectivity index (χ3v) is 4.93. The number of hydrogen-bond acceptors (Lipinski definition) is 1. The Kier molecular flexibility index (Phi) is 4.79. The maximum Gasteiger partial charge on any atom is 0.392 e. The van der Waals surface area contributed by atoms with Crippen molar-refractivity contribution < 1.29 is 18.0 Å². The summed E-state index contributed by atoms with van der Waals surface area (Å²) in [5.41, 5.74) is 0. The molecule has 2 aliphatic rings. The second kappa shape index (κ2) is 6.02. The molecule has 0 aromatic carbocycles. The molecule has 1 heterocycles. The van der Waals surface area contributed by atoms with Gasteiger partial charge in [0.05, 0.1) is 5.92 Å². The Hall–Kier alpha value is -0.260. The topological polar surface area (TPSA) is 20.3 Å². The van der Waals surface area contributed by atoms with E-state index in [0.717, 1.165) is 19.3 Å². The van der Waals surface area contributed by atoms with E-state index in [9.17, 15) is 18.0 Å². The van der Waals surface area contributed by atoms with Gasteiger partial charge in [-0.3, -0.25) is 4.79 Å². The molecule has 0 bridgehead atoms. The van der Waals surface area contributed by atoms with Gasteiger partial charge < -0.3 is 4.90 Å². The molecule has 2 rings (SSSR count). The van der Waals surface area contributed by atoms with Crippen LogP contribution in [0, 0.1) is 11.8 Å². The molecule has 1 aliphatic heterocycles. The van der Waals surface area contributed by atoms with Gasteiger partial charge in [-0.05, 0) is 25.7 Å². The van der Waals surface area contributed by atoms with Gasteiger partial charge >= 0.3 is 6.18 Å². The average Bonchev–Trinajstić information content (AvgIpc) is 2.37. The Labute approximate surface area is 119 Å². The van der Waals surface area contributed by atoms with Crippen LogP contribution in [0.1, 0.15) is 38.5 Å². The first-order valence-electron chi connectivity index (χ1n) is 6.89. The number of halogens is 4. The molecular weight excluding hydrogens is 323 g/mol. The van der Waals surface area contributed by atoms with E-state index in [-0.39, 0.29) is 17.2 Å².